The van der Waals surface area contributed by atoms with Crippen LogP contribution in [0.3, 0.4) is 0 Å². The first kappa shape index (κ1) is 15.8. The van der Waals surface area contributed by atoms with Gasteiger partial charge in [-0.1, -0.05) is 12.8 Å². The molecule has 1 spiro atoms. The summed E-state index contributed by atoms with van der Waals surface area (Å²) >= 11 is 0. The van der Waals surface area contributed by atoms with Gasteiger partial charge < -0.3 is 9.80 Å². The van der Waals surface area contributed by atoms with Gasteiger partial charge in [0.2, 0.25) is 11.9 Å². The van der Waals surface area contributed by atoms with E-state index < -0.39 is 5.82 Å². The molecular formula is C18H25FN4O. The third kappa shape index (κ3) is 2.87. The summed E-state index contributed by atoms with van der Waals surface area (Å²) in [7, 11) is 0. The minimum absolute atomic E-state index is 0.171. The second-order valence-corrected chi connectivity index (χ2v) is 7.62. The minimum atomic E-state index is -0.416. The van der Waals surface area contributed by atoms with Crippen molar-refractivity contribution in [1.29, 1.82) is 0 Å². The number of amides is 1. The number of likely N-dealkylation sites (tertiary alicyclic amines) is 1. The number of hydrogen-bond acceptors (Lipinski definition) is 4. The smallest absolute Gasteiger partial charge is 0.229 e. The number of anilines is 1. The highest BCUT2D eigenvalue weighted by Crippen LogP contribution is 2.42. The number of rotatable bonds is 3. The highest BCUT2D eigenvalue weighted by Gasteiger charge is 2.48. The molecule has 130 valence electrons. The van der Waals surface area contributed by atoms with Crippen molar-refractivity contribution in [2.24, 2.45) is 11.3 Å². The first-order chi connectivity index (χ1) is 11.7. The summed E-state index contributed by atoms with van der Waals surface area (Å²) in [6, 6.07) is 0. The number of aromatic nitrogens is 2. The fraction of sp³-hybridized carbons (Fsp3) is 0.722. The molecule has 1 aromatic heterocycles. The summed E-state index contributed by atoms with van der Waals surface area (Å²) in [5.41, 5.74) is -0.171. The molecule has 3 fully saturated rings. The van der Waals surface area contributed by atoms with E-state index in [1.165, 1.54) is 38.1 Å². The van der Waals surface area contributed by atoms with Crippen LogP contribution in [0.1, 0.15) is 44.9 Å². The van der Waals surface area contributed by atoms with Gasteiger partial charge in [-0.25, -0.2) is 14.4 Å². The standard InChI is InChI=1S/C18H25FN4O/c19-15-11-20-17(21-12-15)22-8-5-18(6-9-22)7-10-23(16(18)24)13-14-3-1-2-4-14/h11-12,14H,1-10,13H2. The van der Waals surface area contributed by atoms with Crippen molar-refractivity contribution in [3.63, 3.8) is 0 Å². The van der Waals surface area contributed by atoms with Gasteiger partial charge in [0, 0.05) is 26.2 Å². The molecule has 5 nitrogen and oxygen atoms in total. The monoisotopic (exact) mass is 332 g/mol. The van der Waals surface area contributed by atoms with E-state index in [0.29, 0.717) is 11.9 Å². The van der Waals surface area contributed by atoms with E-state index in [-0.39, 0.29) is 5.41 Å². The summed E-state index contributed by atoms with van der Waals surface area (Å²) in [6.45, 7) is 3.43. The molecule has 3 heterocycles. The summed E-state index contributed by atoms with van der Waals surface area (Å²) < 4.78 is 13.0. The molecule has 0 N–H and O–H groups in total. The maximum atomic E-state index is 13.0. The van der Waals surface area contributed by atoms with Crippen molar-refractivity contribution < 1.29 is 9.18 Å². The minimum Gasteiger partial charge on any atom is -0.342 e. The van der Waals surface area contributed by atoms with Crippen LogP contribution in [0.4, 0.5) is 10.3 Å². The van der Waals surface area contributed by atoms with Gasteiger partial charge in [0.05, 0.1) is 17.8 Å². The second-order valence-electron chi connectivity index (χ2n) is 7.62. The van der Waals surface area contributed by atoms with Crippen LogP contribution in [0.2, 0.25) is 0 Å². The Balaban J connectivity index is 1.37. The fourth-order valence-electron chi connectivity index (χ4n) is 4.64. The Hall–Kier alpha value is -1.72. The van der Waals surface area contributed by atoms with E-state index in [1.54, 1.807) is 0 Å². The highest BCUT2D eigenvalue weighted by atomic mass is 19.1. The lowest BCUT2D eigenvalue weighted by molar-refractivity contribution is -0.137. The zero-order valence-corrected chi connectivity index (χ0v) is 14.1. The lowest BCUT2D eigenvalue weighted by Gasteiger charge is -2.38. The molecule has 2 saturated heterocycles. The predicted molar refractivity (Wildman–Crippen MR) is 89.0 cm³/mol. The van der Waals surface area contributed by atoms with Crippen molar-refractivity contribution in [2.75, 3.05) is 31.1 Å². The number of nitrogens with zero attached hydrogens (tertiary/aromatic N) is 4. The van der Waals surface area contributed by atoms with E-state index in [2.05, 4.69) is 19.8 Å². The molecular weight excluding hydrogens is 307 g/mol. The molecule has 24 heavy (non-hydrogen) atoms. The summed E-state index contributed by atoms with van der Waals surface area (Å²) in [4.78, 5) is 25.3. The van der Waals surface area contributed by atoms with Gasteiger partial charge in [0.15, 0.2) is 5.82 Å². The Labute approximate surface area is 142 Å². The number of carbonyl (C=O) groups is 1. The first-order valence-electron chi connectivity index (χ1n) is 9.18. The van der Waals surface area contributed by atoms with Crippen molar-refractivity contribution in [1.82, 2.24) is 14.9 Å². The predicted octanol–water partition coefficient (Wildman–Crippen LogP) is 2.62. The summed E-state index contributed by atoms with van der Waals surface area (Å²) in [6.07, 6.45) is 10.3. The van der Waals surface area contributed by atoms with Gasteiger partial charge >= 0.3 is 0 Å². The highest BCUT2D eigenvalue weighted by molar-refractivity contribution is 5.85. The van der Waals surface area contributed by atoms with Crippen LogP contribution in [0.25, 0.3) is 0 Å². The largest absolute Gasteiger partial charge is 0.342 e. The van der Waals surface area contributed by atoms with E-state index in [1.807, 2.05) is 0 Å². The Morgan fingerprint density at radius 2 is 1.71 bits per heavy atom. The third-order valence-electron chi connectivity index (χ3n) is 6.16. The maximum Gasteiger partial charge on any atom is 0.229 e. The fourth-order valence-corrected chi connectivity index (χ4v) is 4.64. The molecule has 2 aliphatic heterocycles. The van der Waals surface area contributed by atoms with Crippen LogP contribution < -0.4 is 4.90 Å². The van der Waals surface area contributed by atoms with E-state index in [4.69, 9.17) is 0 Å². The van der Waals surface area contributed by atoms with Crippen molar-refractivity contribution in [2.45, 2.75) is 44.9 Å². The summed E-state index contributed by atoms with van der Waals surface area (Å²) in [5.74, 6) is 1.24. The van der Waals surface area contributed by atoms with Gasteiger partial charge in [-0.3, -0.25) is 4.79 Å². The molecule has 0 unspecified atom stereocenters. The third-order valence-corrected chi connectivity index (χ3v) is 6.16. The Morgan fingerprint density at radius 3 is 2.38 bits per heavy atom. The molecule has 0 radical (unpaired) electrons. The van der Waals surface area contributed by atoms with Crippen LogP contribution in [-0.2, 0) is 4.79 Å². The molecule has 0 atom stereocenters. The zero-order chi connectivity index (χ0) is 16.6. The van der Waals surface area contributed by atoms with Crippen LogP contribution >= 0.6 is 0 Å². The van der Waals surface area contributed by atoms with Gasteiger partial charge in [-0.05, 0) is 38.0 Å². The molecule has 1 aliphatic carbocycles. The van der Waals surface area contributed by atoms with E-state index in [0.717, 1.165) is 51.4 Å². The Bertz CT molecular complexity index is 592. The Kier molecular flexibility index (Phi) is 4.14. The lowest BCUT2D eigenvalue weighted by atomic mass is 9.77. The average molecular weight is 332 g/mol. The number of halogens is 1. The van der Waals surface area contributed by atoms with Crippen LogP contribution in [-0.4, -0.2) is 47.0 Å². The molecule has 1 amide bonds. The van der Waals surface area contributed by atoms with Gasteiger partial charge in [0.1, 0.15) is 0 Å². The van der Waals surface area contributed by atoms with Crippen molar-refractivity contribution in [3.8, 4) is 0 Å². The number of piperidine rings is 1. The quantitative estimate of drug-likeness (QED) is 0.854. The van der Waals surface area contributed by atoms with Gasteiger partial charge in [-0.15, -0.1) is 0 Å². The average Bonchev–Trinajstić information content (AvgIpc) is 3.21. The molecule has 0 aromatic carbocycles. The molecule has 3 aliphatic rings. The molecule has 1 saturated carbocycles. The van der Waals surface area contributed by atoms with Crippen LogP contribution in [0.5, 0.6) is 0 Å². The normalized spacial score (nSPS) is 24.3. The van der Waals surface area contributed by atoms with Crippen molar-refractivity contribution in [3.05, 3.63) is 18.2 Å². The molecule has 0 bridgehead atoms. The van der Waals surface area contributed by atoms with Gasteiger partial charge in [0.25, 0.3) is 0 Å². The molecule has 6 heteroatoms. The first-order valence-corrected chi connectivity index (χ1v) is 9.18. The number of carbonyl (C=O) groups excluding carboxylic acids is 1. The van der Waals surface area contributed by atoms with Crippen LogP contribution in [0, 0.1) is 17.2 Å². The van der Waals surface area contributed by atoms with Gasteiger partial charge in [-0.2, -0.15) is 0 Å². The topological polar surface area (TPSA) is 49.3 Å². The maximum absolute atomic E-state index is 13.0. The summed E-state index contributed by atoms with van der Waals surface area (Å²) in [5, 5.41) is 0. The zero-order valence-electron chi connectivity index (χ0n) is 14.1. The number of hydrogen-bond donors (Lipinski definition) is 0. The molecule has 4 rings (SSSR count). The van der Waals surface area contributed by atoms with Crippen molar-refractivity contribution >= 4 is 11.9 Å². The second kappa shape index (κ2) is 6.30. The van der Waals surface area contributed by atoms with E-state index in [9.17, 15) is 9.18 Å². The van der Waals surface area contributed by atoms with Crippen LogP contribution in [0.15, 0.2) is 12.4 Å². The SMILES string of the molecule is O=C1N(CC2CCCC2)CCC12CCN(c1ncc(F)cn1)CC2. The lowest BCUT2D eigenvalue weighted by Crippen LogP contribution is -2.45. The van der Waals surface area contributed by atoms with E-state index >= 15 is 0 Å². The Morgan fingerprint density at radius 1 is 1.08 bits per heavy atom. The molecule has 1 aromatic rings.